The van der Waals surface area contributed by atoms with Crippen LogP contribution in [0.4, 0.5) is 18.9 Å². The molecule has 7 heteroatoms. The van der Waals surface area contributed by atoms with Crippen LogP contribution in [0.2, 0.25) is 0 Å². The largest absolute Gasteiger partial charge is 0.490 e. The molecule has 176 valence electrons. The monoisotopic (exact) mass is 450 g/mol. The second kappa shape index (κ2) is 13.7. The zero-order valence-corrected chi connectivity index (χ0v) is 18.9. The van der Waals surface area contributed by atoms with Crippen LogP contribution in [-0.2, 0) is 6.18 Å². The Hall–Kier alpha value is -2.70. The van der Waals surface area contributed by atoms with Gasteiger partial charge < -0.3 is 9.47 Å². The van der Waals surface area contributed by atoms with Crippen LogP contribution >= 0.6 is 0 Å². The lowest BCUT2D eigenvalue weighted by atomic mass is 10.1. The van der Waals surface area contributed by atoms with Crippen molar-refractivity contribution in [3.05, 3.63) is 53.6 Å². The number of rotatable bonds is 14. The molecule has 0 aliphatic carbocycles. The van der Waals surface area contributed by atoms with Gasteiger partial charge in [-0.3, -0.25) is 5.43 Å². The van der Waals surface area contributed by atoms with Crippen LogP contribution in [0, 0.1) is 0 Å². The summed E-state index contributed by atoms with van der Waals surface area (Å²) < 4.78 is 50.0. The van der Waals surface area contributed by atoms with Gasteiger partial charge in [0.1, 0.15) is 0 Å². The number of benzene rings is 2. The zero-order chi connectivity index (χ0) is 23.2. The summed E-state index contributed by atoms with van der Waals surface area (Å²) in [5.41, 5.74) is 2.92. The Morgan fingerprint density at radius 3 is 2.34 bits per heavy atom. The minimum atomic E-state index is -4.39. The van der Waals surface area contributed by atoms with Crippen molar-refractivity contribution < 1.29 is 22.6 Å². The van der Waals surface area contributed by atoms with Crippen molar-refractivity contribution in [1.29, 1.82) is 0 Å². The molecule has 0 aromatic heterocycles. The van der Waals surface area contributed by atoms with Gasteiger partial charge in [-0.1, -0.05) is 51.5 Å². The van der Waals surface area contributed by atoms with Crippen LogP contribution in [0.25, 0.3) is 0 Å². The molecule has 2 rings (SSSR count). The number of nitrogens with one attached hydrogen (secondary N) is 1. The lowest BCUT2D eigenvalue weighted by Crippen LogP contribution is -2.05. The van der Waals surface area contributed by atoms with Crippen molar-refractivity contribution in [2.24, 2.45) is 5.10 Å². The summed E-state index contributed by atoms with van der Waals surface area (Å²) >= 11 is 0. The van der Waals surface area contributed by atoms with E-state index in [-0.39, 0.29) is 5.69 Å². The standard InChI is InChI=1S/C25H33F3N2O2/c1-3-5-6-7-8-9-10-16-32-23-15-14-20(17-24(23)31-4-2)19-29-30-22-13-11-12-21(18-22)25(26,27)28/h11-15,17-19,30H,3-10,16H2,1-2H3. The Balaban J connectivity index is 1.88. The third-order valence-electron chi connectivity index (χ3n) is 4.87. The van der Waals surface area contributed by atoms with Crippen molar-refractivity contribution >= 4 is 11.9 Å². The molecule has 0 aliphatic rings. The first-order chi connectivity index (χ1) is 15.4. The maximum Gasteiger partial charge on any atom is 0.416 e. The molecule has 0 fully saturated rings. The van der Waals surface area contributed by atoms with E-state index in [4.69, 9.17) is 9.47 Å². The van der Waals surface area contributed by atoms with E-state index in [9.17, 15) is 13.2 Å². The summed E-state index contributed by atoms with van der Waals surface area (Å²) in [5.74, 6) is 1.30. The lowest BCUT2D eigenvalue weighted by Gasteiger charge is -2.12. The normalized spacial score (nSPS) is 11.7. The second-order valence-electron chi connectivity index (χ2n) is 7.56. The third-order valence-corrected chi connectivity index (χ3v) is 4.87. The first kappa shape index (κ1) is 25.6. The number of hydrogen-bond acceptors (Lipinski definition) is 4. The van der Waals surface area contributed by atoms with Crippen LogP contribution in [0.5, 0.6) is 11.5 Å². The number of hydrogen-bond donors (Lipinski definition) is 1. The van der Waals surface area contributed by atoms with Gasteiger partial charge in [0.15, 0.2) is 11.5 Å². The van der Waals surface area contributed by atoms with E-state index < -0.39 is 11.7 Å². The minimum Gasteiger partial charge on any atom is -0.490 e. The minimum absolute atomic E-state index is 0.260. The molecule has 0 amide bonds. The molecule has 0 saturated heterocycles. The molecular formula is C25H33F3N2O2. The van der Waals surface area contributed by atoms with Gasteiger partial charge in [-0.2, -0.15) is 18.3 Å². The summed E-state index contributed by atoms with van der Waals surface area (Å²) in [5, 5.41) is 4.04. The van der Waals surface area contributed by atoms with Crippen molar-refractivity contribution in [2.75, 3.05) is 18.6 Å². The summed E-state index contributed by atoms with van der Waals surface area (Å²) in [7, 11) is 0. The summed E-state index contributed by atoms with van der Waals surface area (Å²) in [6.07, 6.45) is 5.67. The van der Waals surface area contributed by atoms with Gasteiger partial charge in [-0.05, 0) is 55.3 Å². The van der Waals surface area contributed by atoms with Gasteiger partial charge >= 0.3 is 6.18 Å². The zero-order valence-electron chi connectivity index (χ0n) is 18.9. The first-order valence-corrected chi connectivity index (χ1v) is 11.3. The molecule has 0 bridgehead atoms. The molecule has 1 N–H and O–H groups in total. The van der Waals surface area contributed by atoms with Crippen molar-refractivity contribution in [3.8, 4) is 11.5 Å². The Morgan fingerprint density at radius 2 is 1.62 bits per heavy atom. The Morgan fingerprint density at radius 1 is 0.875 bits per heavy atom. The smallest absolute Gasteiger partial charge is 0.416 e. The molecule has 0 heterocycles. The summed E-state index contributed by atoms with van der Waals surface area (Å²) in [4.78, 5) is 0. The van der Waals surface area contributed by atoms with E-state index >= 15 is 0 Å². The number of anilines is 1. The van der Waals surface area contributed by atoms with Crippen molar-refractivity contribution in [3.63, 3.8) is 0 Å². The Bertz CT molecular complexity index is 838. The van der Waals surface area contributed by atoms with E-state index in [2.05, 4.69) is 17.5 Å². The number of halogens is 3. The fourth-order valence-electron chi connectivity index (χ4n) is 3.18. The van der Waals surface area contributed by atoms with Crippen molar-refractivity contribution in [1.82, 2.24) is 0 Å². The first-order valence-electron chi connectivity index (χ1n) is 11.3. The Kier molecular flexibility index (Phi) is 10.9. The lowest BCUT2D eigenvalue weighted by molar-refractivity contribution is -0.137. The summed E-state index contributed by atoms with van der Waals surface area (Å²) in [6, 6.07) is 10.4. The predicted molar refractivity (Wildman–Crippen MR) is 124 cm³/mol. The number of nitrogens with zero attached hydrogens (tertiary/aromatic N) is 1. The van der Waals surface area contributed by atoms with Crippen LogP contribution < -0.4 is 14.9 Å². The van der Waals surface area contributed by atoms with Crippen molar-refractivity contribution in [2.45, 2.75) is 65.0 Å². The van der Waals surface area contributed by atoms with Crippen LogP contribution in [-0.4, -0.2) is 19.4 Å². The van der Waals surface area contributed by atoms with Crippen LogP contribution in [0.15, 0.2) is 47.6 Å². The van der Waals surface area contributed by atoms with Gasteiger partial charge in [-0.25, -0.2) is 0 Å². The molecule has 32 heavy (non-hydrogen) atoms. The maximum absolute atomic E-state index is 12.8. The number of unbranched alkanes of at least 4 members (excludes halogenated alkanes) is 6. The molecule has 0 unspecified atom stereocenters. The molecule has 0 radical (unpaired) electrons. The number of hydrazone groups is 1. The molecular weight excluding hydrogens is 417 g/mol. The van der Waals surface area contributed by atoms with Gasteiger partial charge in [0.05, 0.1) is 30.7 Å². The fraction of sp³-hybridized carbons (Fsp3) is 0.480. The molecule has 2 aromatic carbocycles. The molecule has 2 aromatic rings. The molecule has 0 saturated carbocycles. The predicted octanol–water partition coefficient (Wildman–Crippen LogP) is 7.68. The van der Waals surface area contributed by atoms with Crippen LogP contribution in [0.3, 0.4) is 0 Å². The number of alkyl halides is 3. The summed E-state index contributed by atoms with van der Waals surface area (Å²) in [6.45, 7) is 5.25. The fourth-order valence-corrected chi connectivity index (χ4v) is 3.18. The molecule has 4 nitrogen and oxygen atoms in total. The molecule has 0 atom stereocenters. The average Bonchev–Trinajstić information content (AvgIpc) is 2.76. The quantitative estimate of drug-likeness (QED) is 0.182. The highest BCUT2D eigenvalue weighted by molar-refractivity contribution is 5.81. The highest BCUT2D eigenvalue weighted by atomic mass is 19.4. The highest BCUT2D eigenvalue weighted by Crippen LogP contribution is 2.31. The third kappa shape index (κ3) is 9.20. The topological polar surface area (TPSA) is 42.8 Å². The van der Waals surface area contributed by atoms with Gasteiger partial charge in [0.25, 0.3) is 0 Å². The van der Waals surface area contributed by atoms with E-state index in [1.54, 1.807) is 6.07 Å². The molecule has 0 aliphatic heterocycles. The average molecular weight is 451 g/mol. The molecule has 0 spiro atoms. The maximum atomic E-state index is 12.8. The van der Waals surface area contributed by atoms with E-state index in [1.807, 2.05) is 19.1 Å². The van der Waals surface area contributed by atoms with Gasteiger partial charge in [0, 0.05) is 0 Å². The number of ether oxygens (including phenoxy) is 2. The highest BCUT2D eigenvalue weighted by Gasteiger charge is 2.30. The van der Waals surface area contributed by atoms with E-state index in [1.165, 1.54) is 50.5 Å². The van der Waals surface area contributed by atoms with E-state index in [0.717, 1.165) is 30.5 Å². The Labute approximate surface area is 188 Å². The second-order valence-corrected chi connectivity index (χ2v) is 7.56. The van der Waals surface area contributed by atoms with Gasteiger partial charge in [-0.15, -0.1) is 0 Å². The van der Waals surface area contributed by atoms with Gasteiger partial charge in [0.2, 0.25) is 0 Å². The SMILES string of the molecule is CCCCCCCCCOc1ccc(C=NNc2cccc(C(F)(F)F)c2)cc1OCC. The van der Waals surface area contributed by atoms with Crippen LogP contribution in [0.1, 0.15) is 69.9 Å². The van der Waals surface area contributed by atoms with E-state index in [0.29, 0.717) is 24.7 Å².